The van der Waals surface area contributed by atoms with Crippen molar-refractivity contribution in [3.8, 4) is 5.75 Å². The zero-order valence-corrected chi connectivity index (χ0v) is 12.5. The monoisotopic (exact) mass is 308 g/mol. The van der Waals surface area contributed by atoms with Gasteiger partial charge in [0, 0.05) is 12.2 Å². The van der Waals surface area contributed by atoms with Crippen LogP contribution in [0.2, 0.25) is 0 Å². The average Bonchev–Trinajstić information content (AvgIpc) is 2.60. The summed E-state index contributed by atoms with van der Waals surface area (Å²) in [6.07, 6.45) is 1.91. The van der Waals surface area contributed by atoms with Gasteiger partial charge in [-0.25, -0.2) is 0 Å². The van der Waals surface area contributed by atoms with Gasteiger partial charge in [-0.3, -0.25) is 9.59 Å². The number of fused-ring (bicyclic) bond motifs is 2. The topological polar surface area (TPSA) is 58.6 Å². The summed E-state index contributed by atoms with van der Waals surface area (Å²) in [6.45, 7) is 0.658. The fourth-order valence-electron chi connectivity index (χ4n) is 3.17. The predicted molar refractivity (Wildman–Crippen MR) is 87.0 cm³/mol. The van der Waals surface area contributed by atoms with Crippen LogP contribution in [0, 0.1) is 0 Å². The van der Waals surface area contributed by atoms with E-state index in [1.165, 1.54) is 5.56 Å². The fourth-order valence-corrected chi connectivity index (χ4v) is 3.17. The van der Waals surface area contributed by atoms with E-state index in [0.717, 1.165) is 18.5 Å². The maximum Gasteiger partial charge on any atom is 0.262 e. The number of hydrogen-bond donors (Lipinski definition) is 1. The molecule has 0 radical (unpaired) electrons. The summed E-state index contributed by atoms with van der Waals surface area (Å²) in [5, 5.41) is 2.76. The van der Waals surface area contributed by atoms with Gasteiger partial charge >= 0.3 is 0 Å². The van der Waals surface area contributed by atoms with Gasteiger partial charge in [-0.1, -0.05) is 24.3 Å². The summed E-state index contributed by atoms with van der Waals surface area (Å²) < 4.78 is 5.40. The Labute approximate surface area is 133 Å². The molecule has 0 spiro atoms. The van der Waals surface area contributed by atoms with E-state index in [1.54, 1.807) is 23.1 Å². The van der Waals surface area contributed by atoms with Gasteiger partial charge < -0.3 is 15.0 Å². The molecule has 0 bridgehead atoms. The van der Waals surface area contributed by atoms with Crippen LogP contribution in [0.5, 0.6) is 5.75 Å². The highest BCUT2D eigenvalue weighted by Crippen LogP contribution is 2.34. The van der Waals surface area contributed by atoms with E-state index in [9.17, 15) is 9.59 Å². The van der Waals surface area contributed by atoms with E-state index in [1.807, 2.05) is 18.2 Å². The second-order valence-electron chi connectivity index (χ2n) is 5.70. The Hall–Kier alpha value is -2.82. The Morgan fingerprint density at radius 2 is 2.00 bits per heavy atom. The van der Waals surface area contributed by atoms with Gasteiger partial charge in [-0.2, -0.15) is 0 Å². The maximum atomic E-state index is 13.1. The molecule has 5 heteroatoms. The van der Waals surface area contributed by atoms with Crippen molar-refractivity contribution in [2.75, 3.05) is 23.4 Å². The number of aryl methyl sites for hydroxylation is 1. The Bertz CT molecular complexity index is 801. The molecular formula is C18H16N2O3. The van der Waals surface area contributed by atoms with Crippen LogP contribution in [-0.2, 0) is 11.2 Å². The van der Waals surface area contributed by atoms with Crippen LogP contribution in [0.15, 0.2) is 42.5 Å². The van der Waals surface area contributed by atoms with Gasteiger partial charge in [0.15, 0.2) is 6.61 Å². The molecule has 2 aliphatic rings. The van der Waals surface area contributed by atoms with Crippen molar-refractivity contribution in [1.82, 2.24) is 0 Å². The van der Waals surface area contributed by atoms with Crippen LogP contribution < -0.4 is 15.0 Å². The van der Waals surface area contributed by atoms with Gasteiger partial charge in [0.25, 0.3) is 11.8 Å². The first-order valence-corrected chi connectivity index (χ1v) is 7.69. The van der Waals surface area contributed by atoms with Gasteiger partial charge in [-0.15, -0.1) is 0 Å². The normalized spacial score (nSPS) is 16.0. The number of hydrogen-bond acceptors (Lipinski definition) is 3. The molecule has 1 N–H and O–H groups in total. The molecule has 0 fully saturated rings. The molecule has 2 aliphatic heterocycles. The molecule has 116 valence electrons. The van der Waals surface area contributed by atoms with Gasteiger partial charge in [-0.05, 0) is 36.6 Å². The maximum absolute atomic E-state index is 13.1. The number of ether oxygens (including phenoxy) is 1. The lowest BCUT2D eigenvalue weighted by Gasteiger charge is -2.30. The molecule has 2 aromatic rings. The molecule has 2 heterocycles. The van der Waals surface area contributed by atoms with Crippen LogP contribution in [0.3, 0.4) is 0 Å². The van der Waals surface area contributed by atoms with E-state index < -0.39 is 0 Å². The summed E-state index contributed by atoms with van der Waals surface area (Å²) in [5.74, 6) is 0.192. The Balaban J connectivity index is 1.75. The lowest BCUT2D eigenvalue weighted by molar-refractivity contribution is -0.118. The third-order valence-electron chi connectivity index (χ3n) is 4.24. The molecule has 0 saturated carbocycles. The van der Waals surface area contributed by atoms with Crippen molar-refractivity contribution in [2.45, 2.75) is 12.8 Å². The number of nitrogens with one attached hydrogen (secondary N) is 1. The number of carbonyl (C=O) groups is 2. The van der Waals surface area contributed by atoms with Gasteiger partial charge in [0.05, 0.1) is 11.3 Å². The van der Waals surface area contributed by atoms with E-state index >= 15 is 0 Å². The first-order chi connectivity index (χ1) is 11.2. The van der Waals surface area contributed by atoms with Crippen molar-refractivity contribution >= 4 is 23.2 Å². The fraction of sp³-hybridized carbons (Fsp3) is 0.222. The van der Waals surface area contributed by atoms with Crippen molar-refractivity contribution < 1.29 is 14.3 Å². The SMILES string of the molecule is O=C1COc2cccc(C(=O)N3CCCc4ccccc43)c2N1. The summed E-state index contributed by atoms with van der Waals surface area (Å²) in [6, 6.07) is 13.2. The molecule has 0 unspecified atom stereocenters. The molecule has 23 heavy (non-hydrogen) atoms. The summed E-state index contributed by atoms with van der Waals surface area (Å²) in [5.41, 5.74) is 3.06. The van der Waals surface area contributed by atoms with Crippen LogP contribution in [-0.4, -0.2) is 25.0 Å². The molecular weight excluding hydrogens is 292 g/mol. The highest BCUT2D eigenvalue weighted by Gasteiger charge is 2.28. The zero-order valence-electron chi connectivity index (χ0n) is 12.5. The minimum atomic E-state index is -0.239. The zero-order chi connectivity index (χ0) is 15.8. The Morgan fingerprint density at radius 1 is 1.13 bits per heavy atom. The third-order valence-corrected chi connectivity index (χ3v) is 4.24. The number of anilines is 2. The van der Waals surface area contributed by atoms with Crippen LogP contribution in [0.1, 0.15) is 22.3 Å². The van der Waals surface area contributed by atoms with Gasteiger partial charge in [0.1, 0.15) is 5.75 Å². The van der Waals surface area contributed by atoms with Gasteiger partial charge in [0.2, 0.25) is 0 Å². The second-order valence-corrected chi connectivity index (χ2v) is 5.70. The third kappa shape index (κ3) is 2.34. The first-order valence-electron chi connectivity index (χ1n) is 7.69. The summed E-state index contributed by atoms with van der Waals surface area (Å²) in [4.78, 5) is 26.5. The lowest BCUT2D eigenvalue weighted by atomic mass is 10.00. The highest BCUT2D eigenvalue weighted by atomic mass is 16.5. The number of rotatable bonds is 1. The van der Waals surface area contributed by atoms with E-state index in [2.05, 4.69) is 11.4 Å². The van der Waals surface area contributed by atoms with E-state index in [-0.39, 0.29) is 18.4 Å². The largest absolute Gasteiger partial charge is 0.482 e. The minimum Gasteiger partial charge on any atom is -0.482 e. The molecule has 5 nitrogen and oxygen atoms in total. The van der Waals surface area contributed by atoms with Crippen molar-refractivity contribution in [1.29, 1.82) is 0 Å². The lowest BCUT2D eigenvalue weighted by Crippen LogP contribution is -2.36. The number of para-hydroxylation sites is 2. The van der Waals surface area contributed by atoms with Crippen LogP contribution in [0.4, 0.5) is 11.4 Å². The van der Waals surface area contributed by atoms with Crippen LogP contribution >= 0.6 is 0 Å². The summed E-state index contributed by atoms with van der Waals surface area (Å²) >= 11 is 0. The van der Waals surface area contributed by atoms with Crippen molar-refractivity contribution in [2.24, 2.45) is 0 Å². The number of amides is 2. The number of carbonyl (C=O) groups excluding carboxylic acids is 2. The van der Waals surface area contributed by atoms with Crippen molar-refractivity contribution in [3.63, 3.8) is 0 Å². The van der Waals surface area contributed by atoms with E-state index in [4.69, 9.17) is 4.74 Å². The Kier molecular flexibility index (Phi) is 3.26. The first kappa shape index (κ1) is 13.8. The summed E-state index contributed by atoms with van der Waals surface area (Å²) in [7, 11) is 0. The Morgan fingerprint density at radius 3 is 2.91 bits per heavy atom. The molecule has 0 aliphatic carbocycles. The molecule has 0 atom stereocenters. The molecule has 2 amide bonds. The molecule has 0 saturated heterocycles. The average molecular weight is 308 g/mol. The minimum absolute atomic E-state index is 0.0167. The van der Waals surface area contributed by atoms with Crippen molar-refractivity contribution in [3.05, 3.63) is 53.6 Å². The standard InChI is InChI=1S/C18H16N2O3/c21-16-11-23-15-9-3-7-13(17(15)19-16)18(22)20-10-4-6-12-5-1-2-8-14(12)20/h1-3,5,7-9H,4,6,10-11H2,(H,19,21). The number of nitrogens with zero attached hydrogens (tertiary/aromatic N) is 1. The van der Waals surface area contributed by atoms with E-state index in [0.29, 0.717) is 23.5 Å². The quantitative estimate of drug-likeness (QED) is 0.881. The number of benzene rings is 2. The molecule has 2 aromatic carbocycles. The predicted octanol–water partition coefficient (Wildman–Crippen LogP) is 2.61. The molecule has 4 rings (SSSR count). The smallest absolute Gasteiger partial charge is 0.262 e. The highest BCUT2D eigenvalue weighted by molar-refractivity contribution is 6.13. The molecule has 0 aromatic heterocycles. The second kappa shape index (κ2) is 5.43. The van der Waals surface area contributed by atoms with Crippen LogP contribution in [0.25, 0.3) is 0 Å².